The average Bonchev–Trinajstić information content (AvgIpc) is 3.20. The summed E-state index contributed by atoms with van der Waals surface area (Å²) in [4.78, 5) is 45.9. The molecule has 0 saturated heterocycles. The van der Waals surface area contributed by atoms with E-state index in [0.717, 1.165) is 77.0 Å². The van der Waals surface area contributed by atoms with E-state index >= 15 is 0 Å². The van der Waals surface area contributed by atoms with Crippen molar-refractivity contribution in [3.8, 4) is 0 Å². The van der Waals surface area contributed by atoms with Crippen LogP contribution in [0.2, 0.25) is 0 Å². The van der Waals surface area contributed by atoms with E-state index in [1.54, 1.807) is 0 Å². The van der Waals surface area contributed by atoms with Crippen LogP contribution in [0.25, 0.3) is 0 Å². The standard InChI is InChI=1S/C46H82NO10P/c1-3-5-7-9-11-13-15-17-18-19-20-21-22-23-24-26-28-30-32-34-36-38-45(50)55-39-42(48)40-56-58(53,54)57-41-43(46(51)52)47-44(49)37-35-33-31-29-27-25-16-14-12-10-8-6-4-2/h11,13-14,16-18,20-21,42-43,48H,3-10,12,15,19,22-41H2,1-2H3,(H,47,49)(H,51,52)(H,53,54)/b13-11-,16-14-,18-17-,21-20-. The number of nitrogens with one attached hydrogen (secondary N) is 1. The third-order valence-electron chi connectivity index (χ3n) is 9.59. The molecule has 12 heteroatoms. The van der Waals surface area contributed by atoms with E-state index in [1.807, 2.05) is 0 Å². The zero-order valence-electron chi connectivity index (χ0n) is 36.3. The fourth-order valence-electron chi connectivity index (χ4n) is 6.02. The number of esters is 1. The van der Waals surface area contributed by atoms with Crippen molar-refractivity contribution in [3.05, 3.63) is 48.6 Å². The predicted octanol–water partition coefficient (Wildman–Crippen LogP) is 11.8. The Morgan fingerprint density at radius 1 is 0.552 bits per heavy atom. The first-order valence-corrected chi connectivity index (χ1v) is 24.2. The Morgan fingerprint density at radius 3 is 1.47 bits per heavy atom. The van der Waals surface area contributed by atoms with E-state index in [2.05, 4.69) is 67.8 Å². The maximum atomic E-state index is 12.3. The Hall–Kier alpha value is -2.56. The van der Waals surface area contributed by atoms with Crippen LogP contribution < -0.4 is 5.32 Å². The van der Waals surface area contributed by atoms with Gasteiger partial charge in [0, 0.05) is 12.8 Å². The van der Waals surface area contributed by atoms with Gasteiger partial charge in [0.05, 0.1) is 13.2 Å². The summed E-state index contributed by atoms with van der Waals surface area (Å²) in [6.07, 6.45) is 45.6. The van der Waals surface area contributed by atoms with Gasteiger partial charge in [-0.1, -0.05) is 152 Å². The smallest absolute Gasteiger partial charge is 0.472 e. The van der Waals surface area contributed by atoms with Crippen molar-refractivity contribution in [2.45, 2.75) is 206 Å². The summed E-state index contributed by atoms with van der Waals surface area (Å²) in [6.45, 7) is 2.53. The van der Waals surface area contributed by atoms with Crippen molar-refractivity contribution in [1.29, 1.82) is 0 Å². The van der Waals surface area contributed by atoms with Crippen molar-refractivity contribution < 1.29 is 47.8 Å². The number of aliphatic carboxylic acids is 1. The minimum absolute atomic E-state index is 0.134. The van der Waals surface area contributed by atoms with Crippen LogP contribution in [0.15, 0.2) is 48.6 Å². The normalized spacial score (nSPS) is 14.1. The van der Waals surface area contributed by atoms with E-state index < -0.39 is 57.6 Å². The average molecular weight is 840 g/mol. The first-order valence-electron chi connectivity index (χ1n) is 22.7. The summed E-state index contributed by atoms with van der Waals surface area (Å²) in [7, 11) is -4.76. The second kappa shape index (κ2) is 41.2. The monoisotopic (exact) mass is 840 g/mol. The quantitative estimate of drug-likeness (QED) is 0.0201. The van der Waals surface area contributed by atoms with Gasteiger partial charge in [0.1, 0.15) is 12.7 Å². The molecular weight excluding hydrogens is 757 g/mol. The third-order valence-corrected chi connectivity index (χ3v) is 10.5. The Bertz CT molecular complexity index is 1170. The summed E-state index contributed by atoms with van der Waals surface area (Å²) >= 11 is 0. The number of carbonyl (C=O) groups is 3. The lowest BCUT2D eigenvalue weighted by Crippen LogP contribution is -2.43. The Balaban J connectivity index is 3.88. The predicted molar refractivity (Wildman–Crippen MR) is 235 cm³/mol. The van der Waals surface area contributed by atoms with Crippen LogP contribution in [0.4, 0.5) is 0 Å². The van der Waals surface area contributed by atoms with Crippen LogP contribution in [0.5, 0.6) is 0 Å². The van der Waals surface area contributed by atoms with Crippen LogP contribution in [-0.4, -0.2) is 64.9 Å². The molecule has 336 valence electrons. The molecule has 11 nitrogen and oxygen atoms in total. The number of unbranched alkanes of at least 4 members (excludes halogenated alkanes) is 20. The summed E-state index contributed by atoms with van der Waals surface area (Å²) in [5, 5.41) is 21.8. The number of carbonyl (C=O) groups excluding carboxylic acids is 2. The third kappa shape index (κ3) is 40.2. The van der Waals surface area contributed by atoms with Gasteiger partial charge in [-0.3, -0.25) is 18.6 Å². The lowest BCUT2D eigenvalue weighted by atomic mass is 10.1. The highest BCUT2D eigenvalue weighted by atomic mass is 31.2. The lowest BCUT2D eigenvalue weighted by molar-refractivity contribution is -0.147. The van der Waals surface area contributed by atoms with E-state index in [1.165, 1.54) is 77.0 Å². The minimum Gasteiger partial charge on any atom is -0.480 e. The van der Waals surface area contributed by atoms with Crippen molar-refractivity contribution in [3.63, 3.8) is 0 Å². The molecule has 0 aromatic carbocycles. The van der Waals surface area contributed by atoms with Crippen LogP contribution in [0, 0.1) is 0 Å². The maximum Gasteiger partial charge on any atom is 0.472 e. The van der Waals surface area contributed by atoms with Crippen molar-refractivity contribution in [2.24, 2.45) is 0 Å². The number of aliphatic hydroxyl groups is 1. The molecule has 0 radical (unpaired) electrons. The SMILES string of the molecule is CCCCC/C=C\C/C=C\C/C=C\CCCCCCCCCCC(=O)OCC(O)COP(=O)(O)OCC(NC(=O)CCCCCCC/C=C\CCCCCC)C(=O)O. The number of rotatable bonds is 42. The molecule has 58 heavy (non-hydrogen) atoms. The van der Waals surface area contributed by atoms with Gasteiger partial charge >= 0.3 is 19.8 Å². The topological polar surface area (TPSA) is 169 Å². The number of amides is 1. The molecule has 0 bridgehead atoms. The number of carboxylic acid groups (broad SMARTS) is 1. The molecule has 1 amide bonds. The lowest BCUT2D eigenvalue weighted by Gasteiger charge is -2.18. The molecule has 0 aliphatic heterocycles. The van der Waals surface area contributed by atoms with E-state index in [9.17, 15) is 34.1 Å². The largest absolute Gasteiger partial charge is 0.480 e. The van der Waals surface area contributed by atoms with E-state index in [-0.39, 0.29) is 12.8 Å². The molecular formula is C46H82NO10P. The Morgan fingerprint density at radius 2 is 0.948 bits per heavy atom. The first-order chi connectivity index (χ1) is 28.1. The molecule has 0 saturated carbocycles. The zero-order valence-corrected chi connectivity index (χ0v) is 37.2. The molecule has 0 rings (SSSR count). The molecule has 0 aromatic rings. The molecule has 0 aromatic heterocycles. The van der Waals surface area contributed by atoms with Crippen molar-refractivity contribution in [2.75, 3.05) is 19.8 Å². The Kier molecular flexibility index (Phi) is 39.4. The molecule has 3 atom stereocenters. The summed E-state index contributed by atoms with van der Waals surface area (Å²) in [6, 6.07) is -1.55. The van der Waals surface area contributed by atoms with Gasteiger partial charge in [0.15, 0.2) is 6.04 Å². The minimum atomic E-state index is -4.76. The summed E-state index contributed by atoms with van der Waals surface area (Å²) in [5.74, 6) is -2.39. The first kappa shape index (κ1) is 55.4. The van der Waals surface area contributed by atoms with Crippen molar-refractivity contribution >= 4 is 25.7 Å². The van der Waals surface area contributed by atoms with Crippen LogP contribution >= 0.6 is 7.82 Å². The number of phosphoric acid groups is 1. The van der Waals surface area contributed by atoms with Crippen LogP contribution in [0.3, 0.4) is 0 Å². The van der Waals surface area contributed by atoms with Gasteiger partial charge in [0.25, 0.3) is 0 Å². The molecule has 0 heterocycles. The second-order valence-corrected chi connectivity index (χ2v) is 16.7. The maximum absolute atomic E-state index is 12.3. The van der Waals surface area contributed by atoms with Crippen molar-refractivity contribution in [1.82, 2.24) is 5.32 Å². The van der Waals surface area contributed by atoms with Gasteiger partial charge in [-0.2, -0.15) is 0 Å². The van der Waals surface area contributed by atoms with Gasteiger partial charge in [0.2, 0.25) is 5.91 Å². The highest BCUT2D eigenvalue weighted by Gasteiger charge is 2.28. The van der Waals surface area contributed by atoms with Gasteiger partial charge < -0.3 is 25.2 Å². The Labute approximate surface area is 352 Å². The van der Waals surface area contributed by atoms with Crippen LogP contribution in [-0.2, 0) is 32.7 Å². The molecule has 3 unspecified atom stereocenters. The number of carboxylic acids is 1. The molecule has 4 N–H and O–H groups in total. The van der Waals surface area contributed by atoms with Crippen LogP contribution in [0.1, 0.15) is 194 Å². The molecule has 0 aliphatic rings. The fraction of sp³-hybridized carbons (Fsp3) is 0.761. The number of hydrogen-bond acceptors (Lipinski definition) is 8. The van der Waals surface area contributed by atoms with Gasteiger partial charge in [-0.15, -0.1) is 0 Å². The zero-order chi connectivity index (χ0) is 42.8. The van der Waals surface area contributed by atoms with Gasteiger partial charge in [-0.25, -0.2) is 9.36 Å². The highest BCUT2D eigenvalue weighted by molar-refractivity contribution is 7.47. The number of aliphatic hydroxyl groups excluding tert-OH is 1. The van der Waals surface area contributed by atoms with Gasteiger partial charge in [-0.05, 0) is 77.0 Å². The van der Waals surface area contributed by atoms with E-state index in [0.29, 0.717) is 12.8 Å². The highest BCUT2D eigenvalue weighted by Crippen LogP contribution is 2.43. The number of phosphoric ester groups is 1. The fourth-order valence-corrected chi connectivity index (χ4v) is 6.79. The summed E-state index contributed by atoms with van der Waals surface area (Å²) in [5.41, 5.74) is 0. The van der Waals surface area contributed by atoms with E-state index in [4.69, 9.17) is 13.8 Å². The molecule has 0 aliphatic carbocycles. The second-order valence-electron chi connectivity index (χ2n) is 15.2. The number of ether oxygens (including phenoxy) is 1. The molecule has 0 fully saturated rings. The number of allylic oxidation sites excluding steroid dienone is 8. The molecule has 0 spiro atoms. The summed E-state index contributed by atoms with van der Waals surface area (Å²) < 4.78 is 26.8. The number of hydrogen-bond donors (Lipinski definition) is 4.